The number of nitrogens with two attached hydrogens (primary N) is 1. The van der Waals surface area contributed by atoms with Crippen molar-refractivity contribution in [2.75, 3.05) is 11.1 Å². The molecule has 2 heterocycles. The number of anilines is 2. The topological polar surface area (TPSA) is 119 Å². The second-order valence-electron chi connectivity index (χ2n) is 8.93. The van der Waals surface area contributed by atoms with Gasteiger partial charge < -0.3 is 20.7 Å². The SMILES string of the molecule is CC(C)Nc1cc(Br)cc(F)c1N.CC(C)n1c(C(F)F)nc2c(F)cc(Br)cc21.Clc1ccnc(Cl)n1.O=C(O)C(F)F. The third-order valence-corrected chi connectivity index (χ3v) is 6.08. The zero-order valence-corrected chi connectivity index (χ0v) is 28.0. The maximum absolute atomic E-state index is 13.6. The normalized spacial score (nSPS) is 10.7. The molecule has 2 aromatic heterocycles. The predicted molar refractivity (Wildman–Crippen MR) is 166 cm³/mol. The Bertz CT molecular complexity index is 1530. The lowest BCUT2D eigenvalue weighted by Gasteiger charge is -2.13. The van der Waals surface area contributed by atoms with Crippen LogP contribution in [0.4, 0.5) is 37.7 Å². The highest BCUT2D eigenvalue weighted by Crippen LogP contribution is 2.31. The van der Waals surface area contributed by atoms with Gasteiger partial charge in [0.25, 0.3) is 6.43 Å². The quantitative estimate of drug-likeness (QED) is 0.0797. The third-order valence-electron chi connectivity index (χ3n) is 4.77. The number of nitrogens with one attached hydrogen (secondary N) is 1. The van der Waals surface area contributed by atoms with Gasteiger partial charge in [0.1, 0.15) is 16.5 Å². The second kappa shape index (κ2) is 18.2. The fraction of sp³-hybridized carbons (Fsp3) is 0.308. The fourth-order valence-electron chi connectivity index (χ4n) is 3.16. The molecule has 0 radical (unpaired) electrons. The first-order valence-electron chi connectivity index (χ1n) is 12.2. The number of nitrogen functional groups attached to an aromatic ring is 1. The summed E-state index contributed by atoms with van der Waals surface area (Å²) >= 11 is 17.1. The average molecular weight is 799 g/mol. The Morgan fingerprint density at radius 1 is 0.977 bits per heavy atom. The summed E-state index contributed by atoms with van der Waals surface area (Å²) in [6.07, 6.45) is -4.45. The first kappa shape index (κ1) is 39.2. The number of carbonyl (C=O) groups is 1. The molecule has 0 aliphatic rings. The van der Waals surface area contributed by atoms with Crippen LogP contribution in [0.5, 0.6) is 0 Å². The molecule has 0 aliphatic heterocycles. The van der Waals surface area contributed by atoms with Crippen LogP contribution in [0.1, 0.15) is 46.0 Å². The number of carboxylic acid groups (broad SMARTS) is 1. The van der Waals surface area contributed by atoms with Crippen molar-refractivity contribution in [3.05, 3.63) is 73.4 Å². The van der Waals surface area contributed by atoms with Crippen LogP contribution in [0, 0.1) is 11.6 Å². The number of nitrogens with zero attached hydrogens (tertiary/aromatic N) is 4. The Balaban J connectivity index is 0.000000317. The van der Waals surface area contributed by atoms with Gasteiger partial charge in [0, 0.05) is 27.2 Å². The van der Waals surface area contributed by atoms with Crippen molar-refractivity contribution in [2.45, 2.75) is 52.6 Å². The lowest BCUT2D eigenvalue weighted by molar-refractivity contribution is -0.149. The molecule has 0 atom stereocenters. The lowest BCUT2D eigenvalue weighted by Crippen LogP contribution is -2.12. The summed E-state index contributed by atoms with van der Waals surface area (Å²) < 4.78 is 76.1. The maximum Gasteiger partial charge on any atom is 0.371 e. The van der Waals surface area contributed by atoms with E-state index in [0.717, 1.165) is 0 Å². The Labute approximate surface area is 275 Å². The number of aromatic nitrogens is 4. The second-order valence-corrected chi connectivity index (χ2v) is 11.5. The van der Waals surface area contributed by atoms with Crippen LogP contribution in [0.3, 0.4) is 0 Å². The van der Waals surface area contributed by atoms with Crippen molar-refractivity contribution in [2.24, 2.45) is 0 Å². The summed E-state index contributed by atoms with van der Waals surface area (Å²) in [5.41, 5.74) is 6.69. The summed E-state index contributed by atoms with van der Waals surface area (Å²) in [6, 6.07) is 7.51. The number of hydrogen-bond acceptors (Lipinski definition) is 6. The van der Waals surface area contributed by atoms with Crippen molar-refractivity contribution in [1.29, 1.82) is 0 Å². The predicted octanol–water partition coefficient (Wildman–Crippen LogP) is 9.57. The highest BCUT2D eigenvalue weighted by Gasteiger charge is 2.22. The van der Waals surface area contributed by atoms with E-state index in [9.17, 15) is 26.3 Å². The first-order valence-corrected chi connectivity index (χ1v) is 14.5. The Morgan fingerprint density at radius 3 is 1.95 bits per heavy atom. The Kier molecular flexibility index (Phi) is 16.2. The molecule has 4 rings (SSSR count). The van der Waals surface area contributed by atoms with Gasteiger partial charge in [-0.3, -0.25) is 0 Å². The molecular formula is C26H26Br2Cl2F6N6O2. The van der Waals surface area contributed by atoms with E-state index in [0.29, 0.717) is 25.3 Å². The molecule has 8 nitrogen and oxygen atoms in total. The highest BCUT2D eigenvalue weighted by atomic mass is 79.9. The molecule has 0 bridgehead atoms. The standard InChI is InChI=1S/C11H10BrF3N2.C9H12BrFN2.C4H2Cl2N2.C2H2F2O2/c1-5(2)17-8-4-6(12)3-7(13)9(8)16-11(17)10(14)15;1-5(2)13-8-4-6(10)3-7(11)9(8)12;5-3-1-2-7-4(6)8-3;3-1(4)2(5)6/h3-5,10H,1-2H3;3-5,13H,12H2,1-2H3;1-2H;1H,(H,5,6). The summed E-state index contributed by atoms with van der Waals surface area (Å²) in [7, 11) is 0. The van der Waals surface area contributed by atoms with Gasteiger partial charge in [-0.25, -0.2) is 37.3 Å². The van der Waals surface area contributed by atoms with Crippen LogP contribution < -0.4 is 11.1 Å². The van der Waals surface area contributed by atoms with Gasteiger partial charge >= 0.3 is 12.4 Å². The van der Waals surface area contributed by atoms with Gasteiger partial charge in [-0.15, -0.1) is 0 Å². The van der Waals surface area contributed by atoms with Crippen LogP contribution in [0.15, 0.2) is 45.5 Å². The van der Waals surface area contributed by atoms with Crippen LogP contribution >= 0.6 is 55.1 Å². The molecule has 4 N–H and O–H groups in total. The summed E-state index contributed by atoms with van der Waals surface area (Å²) in [4.78, 5) is 19.8. The van der Waals surface area contributed by atoms with Crippen molar-refractivity contribution in [1.82, 2.24) is 19.5 Å². The van der Waals surface area contributed by atoms with E-state index in [1.807, 2.05) is 13.8 Å². The highest BCUT2D eigenvalue weighted by molar-refractivity contribution is 9.10. The number of fused-ring (bicyclic) bond motifs is 1. The number of aliphatic carboxylic acids is 1. The van der Waals surface area contributed by atoms with Crippen molar-refractivity contribution in [3.8, 4) is 0 Å². The minimum atomic E-state index is -3.23. The van der Waals surface area contributed by atoms with Crippen LogP contribution in [-0.4, -0.2) is 43.1 Å². The molecule has 0 aliphatic carbocycles. The van der Waals surface area contributed by atoms with E-state index in [4.69, 9.17) is 38.8 Å². The molecule has 4 aromatic rings. The average Bonchev–Trinajstić information content (AvgIpc) is 3.28. The number of hydrogen-bond donors (Lipinski definition) is 3. The Morgan fingerprint density at radius 2 is 1.52 bits per heavy atom. The number of carboxylic acids is 1. The van der Waals surface area contributed by atoms with Crippen LogP contribution in [-0.2, 0) is 4.79 Å². The molecule has 0 saturated carbocycles. The van der Waals surface area contributed by atoms with Gasteiger partial charge in [0.15, 0.2) is 11.6 Å². The molecule has 44 heavy (non-hydrogen) atoms. The van der Waals surface area contributed by atoms with E-state index in [1.54, 1.807) is 32.0 Å². The molecule has 0 unspecified atom stereocenters. The molecule has 0 spiro atoms. The van der Waals surface area contributed by atoms with Crippen molar-refractivity contribution in [3.63, 3.8) is 0 Å². The van der Waals surface area contributed by atoms with Gasteiger partial charge in [0.05, 0.1) is 16.9 Å². The Hall–Kier alpha value is -2.82. The van der Waals surface area contributed by atoms with E-state index in [1.165, 1.54) is 22.9 Å². The molecule has 0 amide bonds. The smallest absolute Gasteiger partial charge is 0.371 e. The monoisotopic (exact) mass is 796 g/mol. The number of imidazole rings is 1. The zero-order valence-electron chi connectivity index (χ0n) is 23.3. The minimum Gasteiger partial charge on any atom is -0.477 e. The molecule has 0 fully saturated rings. The van der Waals surface area contributed by atoms with Crippen molar-refractivity contribution < 1.29 is 36.2 Å². The zero-order chi connectivity index (χ0) is 33.9. The molecule has 18 heteroatoms. The molecule has 242 valence electrons. The van der Waals surface area contributed by atoms with Crippen molar-refractivity contribution >= 4 is 83.4 Å². The van der Waals surface area contributed by atoms with Crippen LogP contribution in [0.2, 0.25) is 10.4 Å². The van der Waals surface area contributed by atoms with E-state index in [2.05, 4.69) is 52.1 Å². The number of alkyl halides is 4. The fourth-order valence-corrected chi connectivity index (χ4v) is 4.34. The van der Waals surface area contributed by atoms with Gasteiger partial charge in [0.2, 0.25) is 5.28 Å². The van der Waals surface area contributed by atoms with Crippen LogP contribution in [0.25, 0.3) is 11.0 Å². The minimum absolute atomic E-state index is 0.0165. The third kappa shape index (κ3) is 12.7. The van der Waals surface area contributed by atoms with E-state index in [-0.39, 0.29) is 28.6 Å². The van der Waals surface area contributed by atoms with E-state index < -0.39 is 36.3 Å². The number of rotatable bonds is 5. The first-order chi connectivity index (χ1) is 20.3. The molecule has 0 saturated heterocycles. The number of benzene rings is 2. The summed E-state index contributed by atoms with van der Waals surface area (Å²) in [6.45, 7) is 7.45. The summed E-state index contributed by atoms with van der Waals surface area (Å²) in [5, 5.41) is 10.8. The number of halogens is 10. The lowest BCUT2D eigenvalue weighted by atomic mass is 10.2. The summed E-state index contributed by atoms with van der Waals surface area (Å²) in [5.74, 6) is -3.48. The molecule has 2 aromatic carbocycles. The van der Waals surface area contributed by atoms with E-state index >= 15 is 0 Å². The maximum atomic E-state index is 13.6. The molecular weight excluding hydrogens is 773 g/mol. The van der Waals surface area contributed by atoms with Gasteiger partial charge in [-0.2, -0.15) is 8.78 Å². The van der Waals surface area contributed by atoms with Gasteiger partial charge in [-0.1, -0.05) is 43.5 Å². The largest absolute Gasteiger partial charge is 0.477 e. The van der Waals surface area contributed by atoms with Gasteiger partial charge in [-0.05, 0) is 69.6 Å².